The molecule has 1 rings (SSSR count). The van der Waals surface area contributed by atoms with Crippen LogP contribution in [-0.2, 0) is 6.42 Å². The molecule has 0 spiro atoms. The van der Waals surface area contributed by atoms with Gasteiger partial charge in [0.05, 0.1) is 0 Å². The molecule has 0 atom stereocenters. The summed E-state index contributed by atoms with van der Waals surface area (Å²) in [6.45, 7) is 7.81. The monoisotopic (exact) mass is 214 g/mol. The van der Waals surface area contributed by atoms with Crippen molar-refractivity contribution in [2.45, 2.75) is 27.2 Å². The van der Waals surface area contributed by atoms with E-state index in [9.17, 15) is 0 Å². The molecule has 0 aromatic carbocycles. The standard InChI is InChI=1S/C9H18N4S/c1-4-7-12-8(14-13-7)11-6-9(2,3)5-10/h4-6,10H2,1-3H3,(H,11,12,13). The summed E-state index contributed by atoms with van der Waals surface area (Å²) < 4.78 is 4.20. The number of rotatable bonds is 5. The second-order valence-corrected chi connectivity index (χ2v) is 4.84. The Morgan fingerprint density at radius 3 is 2.71 bits per heavy atom. The first kappa shape index (κ1) is 11.4. The van der Waals surface area contributed by atoms with Gasteiger partial charge in [0.2, 0.25) is 5.13 Å². The minimum absolute atomic E-state index is 0.109. The Labute approximate surface area is 89.1 Å². The highest BCUT2D eigenvalue weighted by Crippen LogP contribution is 2.16. The summed E-state index contributed by atoms with van der Waals surface area (Å²) in [4.78, 5) is 4.32. The lowest BCUT2D eigenvalue weighted by molar-refractivity contribution is 0.405. The van der Waals surface area contributed by atoms with Crippen LogP contribution in [0.1, 0.15) is 26.6 Å². The molecule has 3 N–H and O–H groups in total. The number of nitrogens with one attached hydrogen (secondary N) is 1. The number of nitrogens with two attached hydrogens (primary N) is 1. The summed E-state index contributed by atoms with van der Waals surface area (Å²) in [5.74, 6) is 0.906. The molecule has 14 heavy (non-hydrogen) atoms. The second kappa shape index (κ2) is 4.70. The number of anilines is 1. The fourth-order valence-corrected chi connectivity index (χ4v) is 1.50. The first-order chi connectivity index (χ1) is 6.57. The van der Waals surface area contributed by atoms with Crippen molar-refractivity contribution >= 4 is 16.7 Å². The van der Waals surface area contributed by atoms with E-state index in [1.54, 1.807) is 0 Å². The van der Waals surface area contributed by atoms with E-state index in [-0.39, 0.29) is 5.41 Å². The molecule has 5 heteroatoms. The average Bonchev–Trinajstić information content (AvgIpc) is 2.63. The molecule has 0 amide bonds. The Hall–Kier alpha value is -0.680. The zero-order valence-electron chi connectivity index (χ0n) is 9.00. The van der Waals surface area contributed by atoms with E-state index in [4.69, 9.17) is 5.73 Å². The topological polar surface area (TPSA) is 63.8 Å². The van der Waals surface area contributed by atoms with E-state index in [0.29, 0.717) is 6.54 Å². The maximum atomic E-state index is 5.63. The molecule has 1 aromatic rings. The van der Waals surface area contributed by atoms with Crippen LogP contribution in [0.2, 0.25) is 0 Å². The molecule has 0 aliphatic rings. The van der Waals surface area contributed by atoms with Crippen molar-refractivity contribution < 1.29 is 0 Å². The highest BCUT2D eigenvalue weighted by atomic mass is 32.1. The second-order valence-electron chi connectivity index (χ2n) is 4.09. The molecular weight excluding hydrogens is 196 g/mol. The first-order valence-electron chi connectivity index (χ1n) is 4.84. The van der Waals surface area contributed by atoms with Crippen molar-refractivity contribution in [3.63, 3.8) is 0 Å². The highest BCUT2D eigenvalue weighted by Gasteiger charge is 2.15. The summed E-state index contributed by atoms with van der Waals surface area (Å²) in [5, 5.41) is 4.15. The molecular formula is C9H18N4S. The molecule has 0 aliphatic heterocycles. The Morgan fingerprint density at radius 2 is 2.21 bits per heavy atom. The number of aryl methyl sites for hydroxylation is 1. The van der Waals surface area contributed by atoms with Gasteiger partial charge in [0, 0.05) is 24.5 Å². The van der Waals surface area contributed by atoms with E-state index in [1.807, 2.05) is 0 Å². The van der Waals surface area contributed by atoms with Crippen LogP contribution >= 0.6 is 11.5 Å². The van der Waals surface area contributed by atoms with Crippen LogP contribution in [0.4, 0.5) is 5.13 Å². The third-order valence-corrected chi connectivity index (χ3v) is 2.77. The third-order valence-electron chi connectivity index (χ3n) is 2.06. The van der Waals surface area contributed by atoms with Gasteiger partial charge < -0.3 is 11.1 Å². The molecule has 0 fully saturated rings. The zero-order chi connectivity index (χ0) is 10.6. The zero-order valence-corrected chi connectivity index (χ0v) is 9.82. The predicted octanol–water partition coefficient (Wildman–Crippen LogP) is 1.50. The fourth-order valence-electron chi connectivity index (χ4n) is 0.856. The van der Waals surface area contributed by atoms with Crippen LogP contribution in [0, 0.1) is 5.41 Å². The van der Waals surface area contributed by atoms with Crippen molar-refractivity contribution in [1.82, 2.24) is 9.36 Å². The third kappa shape index (κ3) is 3.23. The minimum atomic E-state index is 0.109. The van der Waals surface area contributed by atoms with Crippen LogP contribution in [0.5, 0.6) is 0 Å². The van der Waals surface area contributed by atoms with E-state index in [2.05, 4.69) is 35.4 Å². The average molecular weight is 214 g/mol. The van der Waals surface area contributed by atoms with Gasteiger partial charge in [-0.25, -0.2) is 4.98 Å². The molecule has 0 saturated carbocycles. The molecule has 80 valence electrons. The number of hydrogen-bond acceptors (Lipinski definition) is 5. The number of aromatic nitrogens is 2. The lowest BCUT2D eigenvalue weighted by atomic mass is 9.94. The van der Waals surface area contributed by atoms with E-state index in [0.717, 1.165) is 23.9 Å². The van der Waals surface area contributed by atoms with Crippen LogP contribution < -0.4 is 11.1 Å². The number of hydrogen-bond donors (Lipinski definition) is 2. The minimum Gasteiger partial charge on any atom is -0.360 e. The van der Waals surface area contributed by atoms with Crippen LogP contribution in [-0.4, -0.2) is 22.4 Å². The van der Waals surface area contributed by atoms with Crippen LogP contribution in [0.15, 0.2) is 0 Å². The van der Waals surface area contributed by atoms with Gasteiger partial charge in [0.25, 0.3) is 0 Å². The number of nitrogens with zero attached hydrogens (tertiary/aromatic N) is 2. The van der Waals surface area contributed by atoms with Gasteiger partial charge in [0.1, 0.15) is 5.82 Å². The molecule has 1 aromatic heterocycles. The smallest absolute Gasteiger partial charge is 0.202 e. The fraction of sp³-hybridized carbons (Fsp3) is 0.778. The Morgan fingerprint density at radius 1 is 1.50 bits per heavy atom. The molecule has 0 aliphatic carbocycles. The summed E-state index contributed by atoms with van der Waals surface area (Å²) in [6, 6.07) is 0. The summed E-state index contributed by atoms with van der Waals surface area (Å²) in [5.41, 5.74) is 5.74. The Balaban J connectivity index is 2.45. The molecule has 0 saturated heterocycles. The van der Waals surface area contributed by atoms with Crippen molar-refractivity contribution in [2.75, 3.05) is 18.4 Å². The maximum absolute atomic E-state index is 5.63. The summed E-state index contributed by atoms with van der Waals surface area (Å²) in [6.07, 6.45) is 0.887. The van der Waals surface area contributed by atoms with Gasteiger partial charge in [-0.05, 0) is 12.0 Å². The largest absolute Gasteiger partial charge is 0.360 e. The van der Waals surface area contributed by atoms with E-state index >= 15 is 0 Å². The van der Waals surface area contributed by atoms with Crippen LogP contribution in [0.3, 0.4) is 0 Å². The lowest BCUT2D eigenvalue weighted by Crippen LogP contribution is -2.31. The highest BCUT2D eigenvalue weighted by molar-refractivity contribution is 7.09. The predicted molar refractivity (Wildman–Crippen MR) is 60.6 cm³/mol. The molecule has 0 bridgehead atoms. The normalized spacial score (nSPS) is 11.7. The molecule has 4 nitrogen and oxygen atoms in total. The summed E-state index contributed by atoms with van der Waals surface area (Å²) in [7, 11) is 0. The van der Waals surface area contributed by atoms with Crippen molar-refractivity contribution in [2.24, 2.45) is 11.1 Å². The SMILES string of the molecule is CCc1nsc(NCC(C)(C)CN)n1. The summed E-state index contributed by atoms with van der Waals surface area (Å²) >= 11 is 1.41. The molecule has 0 unspecified atom stereocenters. The van der Waals surface area contributed by atoms with Gasteiger partial charge in [-0.3, -0.25) is 0 Å². The van der Waals surface area contributed by atoms with Crippen molar-refractivity contribution in [3.05, 3.63) is 5.82 Å². The van der Waals surface area contributed by atoms with Gasteiger partial charge in [-0.1, -0.05) is 20.8 Å². The quantitative estimate of drug-likeness (QED) is 0.779. The first-order valence-corrected chi connectivity index (χ1v) is 5.61. The van der Waals surface area contributed by atoms with Crippen LogP contribution in [0.25, 0.3) is 0 Å². The Bertz CT molecular complexity index is 282. The van der Waals surface area contributed by atoms with E-state index in [1.165, 1.54) is 11.5 Å². The van der Waals surface area contributed by atoms with Gasteiger partial charge >= 0.3 is 0 Å². The van der Waals surface area contributed by atoms with Gasteiger partial charge in [-0.2, -0.15) is 4.37 Å². The van der Waals surface area contributed by atoms with E-state index < -0.39 is 0 Å². The molecule has 0 radical (unpaired) electrons. The lowest BCUT2D eigenvalue weighted by Gasteiger charge is -2.21. The van der Waals surface area contributed by atoms with Gasteiger partial charge in [-0.15, -0.1) is 0 Å². The van der Waals surface area contributed by atoms with Gasteiger partial charge in [0.15, 0.2) is 0 Å². The maximum Gasteiger partial charge on any atom is 0.202 e. The Kier molecular flexibility index (Phi) is 3.83. The van der Waals surface area contributed by atoms with Crippen molar-refractivity contribution in [3.8, 4) is 0 Å². The van der Waals surface area contributed by atoms with Crippen molar-refractivity contribution in [1.29, 1.82) is 0 Å². The molecule has 1 heterocycles.